The normalized spacial score (nSPS) is 56.0. The average molecular weight is 523 g/mol. The Morgan fingerprint density at radius 2 is 0.895 bits per heavy atom. The predicted octanol–water partition coefficient (Wildman–Crippen LogP) is 4.28. The maximum absolute atomic E-state index is 14.3. The molecule has 38 heavy (non-hydrogen) atoms. The Morgan fingerprint density at radius 1 is 0.447 bits per heavy atom. The fourth-order valence-corrected chi connectivity index (χ4v) is 12.0. The highest BCUT2D eigenvalue weighted by atomic mass is 16.5. The van der Waals surface area contributed by atoms with Gasteiger partial charge in [-0.2, -0.15) is 0 Å². The number of morpholine rings is 2. The van der Waals surface area contributed by atoms with Gasteiger partial charge in [0.25, 0.3) is 0 Å². The highest BCUT2D eigenvalue weighted by Gasteiger charge is 2.65. The molecule has 0 amide bonds. The Bertz CT molecular complexity index is 926. The van der Waals surface area contributed by atoms with Gasteiger partial charge in [-0.15, -0.1) is 0 Å². The van der Waals surface area contributed by atoms with Crippen LogP contribution in [0.5, 0.6) is 0 Å². The summed E-state index contributed by atoms with van der Waals surface area (Å²) in [7, 11) is 0. The van der Waals surface area contributed by atoms with E-state index in [0.29, 0.717) is 47.9 Å². The lowest BCUT2D eigenvalue weighted by molar-refractivity contribution is -0.243. The fraction of sp³-hybridized carbons (Fsp3) is 0.938. The maximum Gasteiger partial charge on any atom is 0.142 e. The molecule has 4 heterocycles. The van der Waals surface area contributed by atoms with E-state index in [1.807, 2.05) is 0 Å². The van der Waals surface area contributed by atoms with E-state index in [2.05, 4.69) is 9.80 Å². The average Bonchev–Trinajstić information content (AvgIpc) is 2.96. The zero-order valence-electron chi connectivity index (χ0n) is 22.9. The molecule has 4 saturated heterocycles. The van der Waals surface area contributed by atoms with Crippen molar-refractivity contribution in [3.8, 4) is 0 Å². The van der Waals surface area contributed by atoms with Crippen LogP contribution >= 0.6 is 0 Å². The Labute approximate surface area is 227 Å². The van der Waals surface area contributed by atoms with Crippen LogP contribution in [0, 0.1) is 23.7 Å². The van der Waals surface area contributed by atoms with Crippen LogP contribution in [0.2, 0.25) is 0 Å². The standard InChI is InChI=1S/C32H46N2O4/c35-31-17-7-5-13-27-29(17)33(21-9-1-3-11-25(21)37-27)23-16-24-20(15-19(23)31)32(36)18-8-6-14-28-30(18)34(24)22-10-2-4-12-26(22)38-28/h17-30H,1-16H2. The lowest BCUT2D eigenvalue weighted by Gasteiger charge is -2.67. The molecule has 0 N–H and O–H groups in total. The highest BCUT2D eigenvalue weighted by Crippen LogP contribution is 2.55. The van der Waals surface area contributed by atoms with Gasteiger partial charge >= 0.3 is 0 Å². The van der Waals surface area contributed by atoms with Gasteiger partial charge in [-0.3, -0.25) is 19.4 Å². The minimum atomic E-state index is 0.0556. The van der Waals surface area contributed by atoms with Crippen LogP contribution in [-0.4, -0.2) is 82.0 Å². The lowest BCUT2D eigenvalue weighted by atomic mass is 9.57. The molecular weight excluding hydrogens is 476 g/mol. The van der Waals surface area contributed by atoms with Gasteiger partial charge in [0.05, 0.1) is 24.4 Å². The number of hydrogen-bond donors (Lipinski definition) is 0. The molecule has 0 spiro atoms. The summed E-state index contributed by atoms with van der Waals surface area (Å²) >= 11 is 0. The SMILES string of the molecule is O=C1C2CC3C(=O)C4CCCC5OC6CCCCC6N(C3CC2N2C3CCCCC3OC3CCCC1C32)C54. The molecule has 0 aromatic rings. The molecule has 4 aliphatic heterocycles. The van der Waals surface area contributed by atoms with Gasteiger partial charge in [0.1, 0.15) is 11.6 Å². The first-order valence-corrected chi connectivity index (χ1v) is 16.6. The minimum absolute atomic E-state index is 0.0556. The first-order valence-electron chi connectivity index (χ1n) is 16.6. The number of rotatable bonds is 0. The van der Waals surface area contributed by atoms with Crippen molar-refractivity contribution >= 4 is 11.6 Å². The van der Waals surface area contributed by atoms with Crippen molar-refractivity contribution in [2.24, 2.45) is 23.7 Å². The predicted molar refractivity (Wildman–Crippen MR) is 142 cm³/mol. The van der Waals surface area contributed by atoms with E-state index < -0.39 is 0 Å². The van der Waals surface area contributed by atoms with Gasteiger partial charge in [0.15, 0.2) is 0 Å². The Morgan fingerprint density at radius 3 is 1.39 bits per heavy atom. The van der Waals surface area contributed by atoms with E-state index in [1.54, 1.807) is 0 Å². The third-order valence-electron chi connectivity index (χ3n) is 13.2. The van der Waals surface area contributed by atoms with Crippen molar-refractivity contribution < 1.29 is 19.1 Å². The molecule has 0 radical (unpaired) electrons. The van der Waals surface area contributed by atoms with Gasteiger partial charge in [0, 0.05) is 59.9 Å². The van der Waals surface area contributed by atoms with Gasteiger partial charge in [-0.1, -0.05) is 38.5 Å². The van der Waals surface area contributed by atoms with E-state index in [0.717, 1.165) is 51.4 Å². The first kappa shape index (κ1) is 23.8. The molecule has 9 aliphatic rings. The van der Waals surface area contributed by atoms with E-state index in [4.69, 9.17) is 9.47 Å². The summed E-state index contributed by atoms with van der Waals surface area (Å²) < 4.78 is 13.6. The summed E-state index contributed by atoms with van der Waals surface area (Å²) in [6, 6.07) is 2.13. The zero-order valence-corrected chi connectivity index (χ0v) is 22.9. The second-order valence-electron chi connectivity index (χ2n) is 14.7. The molecule has 0 aromatic heterocycles. The maximum atomic E-state index is 14.3. The highest BCUT2D eigenvalue weighted by molar-refractivity contribution is 5.90. The van der Waals surface area contributed by atoms with Crippen LogP contribution in [0.3, 0.4) is 0 Å². The zero-order chi connectivity index (χ0) is 25.1. The van der Waals surface area contributed by atoms with Crippen LogP contribution in [0.15, 0.2) is 0 Å². The fourth-order valence-electron chi connectivity index (χ4n) is 12.0. The van der Waals surface area contributed by atoms with Gasteiger partial charge in [0.2, 0.25) is 0 Å². The summed E-state index contributed by atoms with van der Waals surface area (Å²) in [4.78, 5) is 34.4. The van der Waals surface area contributed by atoms with Gasteiger partial charge in [-0.05, 0) is 64.2 Å². The van der Waals surface area contributed by atoms with Crippen molar-refractivity contribution in [2.45, 2.75) is 163 Å². The molecular formula is C32H46N2O4. The van der Waals surface area contributed by atoms with Crippen LogP contribution in [0.25, 0.3) is 0 Å². The smallest absolute Gasteiger partial charge is 0.142 e. The van der Waals surface area contributed by atoms with Crippen molar-refractivity contribution in [3.05, 3.63) is 0 Å². The number of ether oxygens (including phenoxy) is 2. The number of fused-ring (bicyclic) bond motifs is 8. The van der Waals surface area contributed by atoms with E-state index in [9.17, 15) is 9.59 Å². The Kier molecular flexibility index (Phi) is 5.55. The number of carbonyl (C=O) groups is 2. The first-order chi connectivity index (χ1) is 18.7. The van der Waals surface area contributed by atoms with Crippen molar-refractivity contribution in [3.63, 3.8) is 0 Å². The Hall–Kier alpha value is -0.820. The summed E-state index contributed by atoms with van der Waals surface area (Å²) in [5.74, 6) is 1.38. The van der Waals surface area contributed by atoms with E-state index >= 15 is 0 Å². The third kappa shape index (κ3) is 3.21. The summed E-state index contributed by atoms with van der Waals surface area (Å²) in [6.45, 7) is 0. The summed E-state index contributed by atoms with van der Waals surface area (Å²) in [6.07, 6.45) is 19.5. The van der Waals surface area contributed by atoms with Gasteiger partial charge < -0.3 is 9.47 Å². The summed E-state index contributed by atoms with van der Waals surface area (Å²) in [5, 5.41) is 0. The number of ketones is 2. The van der Waals surface area contributed by atoms with Crippen LogP contribution in [-0.2, 0) is 19.1 Å². The quantitative estimate of drug-likeness (QED) is 0.474. The summed E-state index contributed by atoms with van der Waals surface area (Å²) in [5.41, 5.74) is 0. The van der Waals surface area contributed by atoms with E-state index in [1.165, 1.54) is 51.4 Å². The van der Waals surface area contributed by atoms with Crippen LogP contribution in [0.4, 0.5) is 0 Å². The van der Waals surface area contributed by atoms with E-state index in [-0.39, 0.29) is 48.0 Å². The number of hydrogen-bond acceptors (Lipinski definition) is 6. The Balaban J connectivity index is 1.12. The third-order valence-corrected chi connectivity index (χ3v) is 13.2. The second-order valence-corrected chi connectivity index (χ2v) is 14.7. The molecule has 5 saturated carbocycles. The number of Topliss-reactive ketones (excluding diaryl/α,β-unsaturated/α-hetero) is 2. The van der Waals surface area contributed by atoms with Crippen molar-refractivity contribution in [1.29, 1.82) is 0 Å². The van der Waals surface area contributed by atoms with Gasteiger partial charge in [-0.25, -0.2) is 0 Å². The molecule has 5 aliphatic carbocycles. The van der Waals surface area contributed by atoms with Crippen LogP contribution < -0.4 is 0 Å². The monoisotopic (exact) mass is 522 g/mol. The number of nitrogens with zero attached hydrogens (tertiary/aromatic N) is 2. The number of carbonyl (C=O) groups excluding carboxylic acids is 2. The molecule has 9 fully saturated rings. The second kappa shape index (κ2) is 8.84. The molecule has 14 atom stereocenters. The molecule has 0 bridgehead atoms. The van der Waals surface area contributed by atoms with Crippen molar-refractivity contribution in [2.75, 3.05) is 0 Å². The largest absolute Gasteiger partial charge is 0.372 e. The molecule has 6 nitrogen and oxygen atoms in total. The molecule has 9 rings (SSSR count). The number of piperidine rings is 2. The molecule has 208 valence electrons. The topological polar surface area (TPSA) is 59.1 Å². The van der Waals surface area contributed by atoms with Crippen molar-refractivity contribution in [1.82, 2.24) is 9.80 Å². The molecule has 6 heteroatoms. The minimum Gasteiger partial charge on any atom is -0.372 e. The lowest BCUT2D eigenvalue weighted by Crippen LogP contribution is -2.78. The molecule has 0 aromatic carbocycles. The van der Waals surface area contributed by atoms with Crippen LogP contribution in [0.1, 0.15) is 103 Å². The molecule has 14 unspecified atom stereocenters.